The van der Waals surface area contributed by atoms with Crippen LogP contribution in [-0.4, -0.2) is 31.1 Å². The van der Waals surface area contributed by atoms with E-state index in [1.54, 1.807) is 6.07 Å². The van der Waals surface area contributed by atoms with Crippen molar-refractivity contribution in [1.29, 1.82) is 0 Å². The van der Waals surface area contributed by atoms with E-state index in [2.05, 4.69) is 4.90 Å². The molecule has 0 spiro atoms. The molecule has 0 radical (unpaired) electrons. The molecule has 0 amide bonds. The Morgan fingerprint density at radius 3 is 2.68 bits per heavy atom. The molecule has 1 heterocycles. The summed E-state index contributed by atoms with van der Waals surface area (Å²) in [5, 5.41) is 0. The molecule has 0 aromatic heterocycles. The van der Waals surface area contributed by atoms with Crippen LogP contribution in [0.25, 0.3) is 0 Å². The lowest BCUT2D eigenvalue weighted by atomic mass is 9.96. The Balaban J connectivity index is 1.90. The third-order valence-corrected chi connectivity index (χ3v) is 3.82. The Kier molecular flexibility index (Phi) is 4.53. The smallest absolute Gasteiger partial charge is 0.308 e. The molecule has 1 aromatic rings. The summed E-state index contributed by atoms with van der Waals surface area (Å²) in [5.74, 6) is -0.251. The van der Waals surface area contributed by atoms with Gasteiger partial charge in [0.1, 0.15) is 5.82 Å². The lowest BCUT2D eigenvalue weighted by molar-refractivity contribution is -0.147. The summed E-state index contributed by atoms with van der Waals surface area (Å²) in [6.45, 7) is 4.52. The van der Waals surface area contributed by atoms with Crippen molar-refractivity contribution >= 4 is 5.97 Å². The predicted octanol–water partition coefficient (Wildman–Crippen LogP) is 2.52. The Morgan fingerprint density at radius 2 is 2.11 bits per heavy atom. The molecular weight excluding hydrogens is 245 g/mol. The zero-order valence-corrected chi connectivity index (χ0v) is 11.5. The fraction of sp³-hybridized carbons (Fsp3) is 0.533. The molecule has 0 saturated carbocycles. The first-order chi connectivity index (χ1) is 9.10. The number of likely N-dealkylation sites (tertiary alicyclic amines) is 1. The van der Waals surface area contributed by atoms with Crippen molar-refractivity contribution in [3.05, 3.63) is 35.1 Å². The van der Waals surface area contributed by atoms with Crippen LogP contribution in [0.4, 0.5) is 4.39 Å². The Bertz CT molecular complexity index is 453. The molecule has 3 nitrogen and oxygen atoms in total. The standard InChI is InChI=1S/C15H20FNO2/c1-11-9-14(16)4-3-13(11)10-17-7-5-12(6-8-17)15(18)19-2/h3-4,9,12H,5-8,10H2,1-2H3. The van der Waals surface area contributed by atoms with Crippen LogP contribution < -0.4 is 0 Å². The molecule has 2 rings (SSSR count). The van der Waals surface area contributed by atoms with Crippen LogP contribution in [0.2, 0.25) is 0 Å². The van der Waals surface area contributed by atoms with Gasteiger partial charge < -0.3 is 4.74 Å². The summed E-state index contributed by atoms with van der Waals surface area (Å²) < 4.78 is 17.8. The van der Waals surface area contributed by atoms with Crippen molar-refractivity contribution < 1.29 is 13.9 Å². The average Bonchev–Trinajstić information content (AvgIpc) is 2.42. The molecule has 1 aliphatic heterocycles. The fourth-order valence-corrected chi connectivity index (χ4v) is 2.57. The molecule has 4 heteroatoms. The van der Waals surface area contributed by atoms with E-state index in [4.69, 9.17) is 4.74 Å². The molecule has 0 atom stereocenters. The SMILES string of the molecule is COC(=O)C1CCN(Cc2ccc(F)cc2C)CC1. The summed E-state index contributed by atoms with van der Waals surface area (Å²) >= 11 is 0. The molecule has 1 aliphatic rings. The van der Waals surface area contributed by atoms with E-state index < -0.39 is 0 Å². The molecular formula is C15H20FNO2. The Morgan fingerprint density at radius 1 is 1.42 bits per heavy atom. The minimum atomic E-state index is -0.189. The number of carbonyl (C=O) groups is 1. The first-order valence-corrected chi connectivity index (χ1v) is 6.65. The van der Waals surface area contributed by atoms with Crippen LogP contribution in [0.5, 0.6) is 0 Å². The summed E-state index contributed by atoms with van der Waals surface area (Å²) in [4.78, 5) is 13.7. The lowest BCUT2D eigenvalue weighted by Gasteiger charge is -2.30. The first kappa shape index (κ1) is 14.0. The second-order valence-electron chi connectivity index (χ2n) is 5.14. The molecule has 19 heavy (non-hydrogen) atoms. The van der Waals surface area contributed by atoms with Crippen LogP contribution >= 0.6 is 0 Å². The second kappa shape index (κ2) is 6.15. The van der Waals surface area contributed by atoms with E-state index in [-0.39, 0.29) is 17.7 Å². The van der Waals surface area contributed by atoms with Gasteiger partial charge in [-0.2, -0.15) is 0 Å². The van der Waals surface area contributed by atoms with E-state index in [1.165, 1.54) is 13.2 Å². The molecule has 0 bridgehead atoms. The molecule has 0 N–H and O–H groups in total. The van der Waals surface area contributed by atoms with E-state index in [9.17, 15) is 9.18 Å². The molecule has 104 valence electrons. The third-order valence-electron chi connectivity index (χ3n) is 3.82. The summed E-state index contributed by atoms with van der Waals surface area (Å²) in [6, 6.07) is 4.91. The van der Waals surface area contributed by atoms with Crippen LogP contribution in [-0.2, 0) is 16.1 Å². The highest BCUT2D eigenvalue weighted by molar-refractivity contribution is 5.72. The molecule has 0 aliphatic carbocycles. The van der Waals surface area contributed by atoms with Gasteiger partial charge in [-0.3, -0.25) is 9.69 Å². The maximum Gasteiger partial charge on any atom is 0.308 e. The van der Waals surface area contributed by atoms with Gasteiger partial charge >= 0.3 is 5.97 Å². The minimum Gasteiger partial charge on any atom is -0.469 e. The van der Waals surface area contributed by atoms with Crippen LogP contribution in [0.1, 0.15) is 24.0 Å². The zero-order chi connectivity index (χ0) is 13.8. The Labute approximate surface area is 113 Å². The van der Waals surface area contributed by atoms with Crippen molar-refractivity contribution in [2.24, 2.45) is 5.92 Å². The van der Waals surface area contributed by atoms with E-state index >= 15 is 0 Å². The van der Waals surface area contributed by atoms with Gasteiger partial charge in [-0.15, -0.1) is 0 Å². The number of benzene rings is 1. The van der Waals surface area contributed by atoms with Crippen molar-refractivity contribution in [2.75, 3.05) is 20.2 Å². The predicted molar refractivity (Wildman–Crippen MR) is 71.2 cm³/mol. The van der Waals surface area contributed by atoms with Gasteiger partial charge in [0.15, 0.2) is 0 Å². The highest BCUT2D eigenvalue weighted by atomic mass is 19.1. The summed E-state index contributed by atoms with van der Waals surface area (Å²) in [5.41, 5.74) is 2.13. The highest BCUT2D eigenvalue weighted by Crippen LogP contribution is 2.21. The summed E-state index contributed by atoms with van der Waals surface area (Å²) in [7, 11) is 1.44. The van der Waals surface area contributed by atoms with Gasteiger partial charge in [-0.1, -0.05) is 6.07 Å². The quantitative estimate of drug-likeness (QED) is 0.787. The number of carbonyl (C=O) groups excluding carboxylic acids is 1. The topological polar surface area (TPSA) is 29.5 Å². The van der Waals surface area contributed by atoms with Crippen molar-refractivity contribution in [1.82, 2.24) is 4.90 Å². The van der Waals surface area contributed by atoms with Crippen molar-refractivity contribution in [3.8, 4) is 0 Å². The average molecular weight is 265 g/mol. The van der Waals surface area contributed by atoms with Crippen LogP contribution in [0.3, 0.4) is 0 Å². The fourth-order valence-electron chi connectivity index (χ4n) is 2.57. The monoisotopic (exact) mass is 265 g/mol. The Hall–Kier alpha value is -1.42. The second-order valence-corrected chi connectivity index (χ2v) is 5.14. The van der Waals surface area contributed by atoms with Gasteiger partial charge in [-0.05, 0) is 56.1 Å². The maximum atomic E-state index is 13.0. The van der Waals surface area contributed by atoms with Crippen LogP contribution in [0.15, 0.2) is 18.2 Å². The molecule has 1 saturated heterocycles. The number of nitrogens with zero attached hydrogens (tertiary/aromatic N) is 1. The number of hydrogen-bond donors (Lipinski definition) is 0. The minimum absolute atomic E-state index is 0.0376. The lowest BCUT2D eigenvalue weighted by Crippen LogP contribution is -2.36. The molecule has 1 fully saturated rings. The third kappa shape index (κ3) is 3.53. The summed E-state index contributed by atoms with van der Waals surface area (Å²) in [6.07, 6.45) is 1.68. The van der Waals surface area contributed by atoms with Gasteiger partial charge in [0.2, 0.25) is 0 Å². The van der Waals surface area contributed by atoms with E-state index in [1.807, 2.05) is 13.0 Å². The van der Waals surface area contributed by atoms with Crippen molar-refractivity contribution in [3.63, 3.8) is 0 Å². The number of hydrogen-bond acceptors (Lipinski definition) is 3. The zero-order valence-electron chi connectivity index (χ0n) is 11.5. The number of methoxy groups -OCH3 is 1. The van der Waals surface area contributed by atoms with E-state index in [0.29, 0.717) is 0 Å². The first-order valence-electron chi connectivity index (χ1n) is 6.65. The number of ether oxygens (including phenoxy) is 1. The number of esters is 1. The van der Waals surface area contributed by atoms with Gasteiger partial charge in [-0.25, -0.2) is 4.39 Å². The number of halogens is 1. The molecule has 0 unspecified atom stereocenters. The molecule has 1 aromatic carbocycles. The van der Waals surface area contributed by atoms with Crippen LogP contribution in [0, 0.1) is 18.7 Å². The van der Waals surface area contributed by atoms with E-state index in [0.717, 1.165) is 43.6 Å². The van der Waals surface area contributed by atoms with Gasteiger partial charge in [0, 0.05) is 6.54 Å². The highest BCUT2D eigenvalue weighted by Gasteiger charge is 2.25. The van der Waals surface area contributed by atoms with Gasteiger partial charge in [0.25, 0.3) is 0 Å². The normalized spacial score (nSPS) is 17.4. The largest absolute Gasteiger partial charge is 0.469 e. The number of rotatable bonds is 3. The maximum absolute atomic E-state index is 13.0. The number of aryl methyl sites for hydroxylation is 1. The van der Waals surface area contributed by atoms with Crippen molar-refractivity contribution in [2.45, 2.75) is 26.3 Å². The van der Waals surface area contributed by atoms with Gasteiger partial charge in [0.05, 0.1) is 13.0 Å². The number of piperidine rings is 1.